The highest BCUT2D eigenvalue weighted by Gasteiger charge is 2.15. The number of aromatic nitrogens is 2. The van der Waals surface area contributed by atoms with Gasteiger partial charge in [-0.15, -0.1) is 0 Å². The van der Waals surface area contributed by atoms with Gasteiger partial charge in [-0.1, -0.05) is 0 Å². The molecule has 0 saturated heterocycles. The summed E-state index contributed by atoms with van der Waals surface area (Å²) < 4.78 is 1.85. The van der Waals surface area contributed by atoms with Crippen molar-refractivity contribution in [2.24, 2.45) is 0 Å². The molecule has 0 aliphatic rings. The van der Waals surface area contributed by atoms with Crippen LogP contribution in [0, 0.1) is 6.92 Å². The molecule has 0 aliphatic heterocycles. The first-order chi connectivity index (χ1) is 8.97. The van der Waals surface area contributed by atoms with Crippen LogP contribution < -0.4 is 11.1 Å². The van der Waals surface area contributed by atoms with Gasteiger partial charge in [0.1, 0.15) is 11.5 Å². The second-order valence-corrected chi connectivity index (χ2v) is 4.83. The second kappa shape index (κ2) is 5.14. The summed E-state index contributed by atoms with van der Waals surface area (Å²) in [5, 5.41) is 2.78. The molecular weight excluding hydrogens is 240 g/mol. The maximum absolute atomic E-state index is 12.2. The molecule has 0 saturated carbocycles. The molecule has 0 unspecified atom stereocenters. The lowest BCUT2D eigenvalue weighted by Gasteiger charge is -2.12. The average Bonchev–Trinajstić information content (AvgIpc) is 2.71. The first-order valence-electron chi connectivity index (χ1n) is 6.18. The van der Waals surface area contributed by atoms with Gasteiger partial charge in [-0.3, -0.25) is 4.79 Å². The predicted octanol–water partition coefficient (Wildman–Crippen LogP) is 2.61. The molecule has 2 heterocycles. The summed E-state index contributed by atoms with van der Waals surface area (Å²) in [6.45, 7) is 5.95. The largest absolute Gasteiger partial charge is 0.397 e. The van der Waals surface area contributed by atoms with Gasteiger partial charge >= 0.3 is 0 Å². The summed E-state index contributed by atoms with van der Waals surface area (Å²) in [4.78, 5) is 16.4. The van der Waals surface area contributed by atoms with Gasteiger partial charge in [0.2, 0.25) is 0 Å². The van der Waals surface area contributed by atoms with E-state index in [2.05, 4.69) is 10.3 Å². The lowest BCUT2D eigenvalue weighted by molar-refractivity contribution is 0.101. The van der Waals surface area contributed by atoms with E-state index in [4.69, 9.17) is 5.73 Å². The second-order valence-electron chi connectivity index (χ2n) is 4.83. The van der Waals surface area contributed by atoms with Crippen LogP contribution in [0.4, 0.5) is 11.5 Å². The van der Waals surface area contributed by atoms with Crippen LogP contribution in [-0.4, -0.2) is 15.5 Å². The molecule has 2 aromatic heterocycles. The Labute approximate surface area is 112 Å². The first-order valence-corrected chi connectivity index (χ1v) is 6.18. The van der Waals surface area contributed by atoms with Crippen LogP contribution in [0.1, 0.15) is 35.9 Å². The molecule has 0 radical (unpaired) electrons. The molecular formula is C14H18N4O. The van der Waals surface area contributed by atoms with E-state index in [0.717, 1.165) is 5.56 Å². The van der Waals surface area contributed by atoms with Gasteiger partial charge in [0.15, 0.2) is 0 Å². The van der Waals surface area contributed by atoms with Crippen LogP contribution in [0.2, 0.25) is 0 Å². The maximum Gasteiger partial charge on any atom is 0.273 e. The van der Waals surface area contributed by atoms with Gasteiger partial charge in [0, 0.05) is 18.4 Å². The van der Waals surface area contributed by atoms with Crippen LogP contribution in [0.3, 0.4) is 0 Å². The SMILES string of the molecule is Cc1ccnc(NC(=O)c2cc(N)cn2C(C)C)c1. The van der Waals surface area contributed by atoms with Crippen LogP contribution in [-0.2, 0) is 0 Å². The molecule has 1 amide bonds. The van der Waals surface area contributed by atoms with Gasteiger partial charge in [-0.05, 0) is 44.5 Å². The Balaban J connectivity index is 2.25. The summed E-state index contributed by atoms with van der Waals surface area (Å²) in [5.74, 6) is 0.337. The summed E-state index contributed by atoms with van der Waals surface area (Å²) >= 11 is 0. The van der Waals surface area contributed by atoms with Gasteiger partial charge < -0.3 is 15.6 Å². The zero-order valence-electron chi connectivity index (χ0n) is 11.3. The van der Waals surface area contributed by atoms with Crippen LogP contribution >= 0.6 is 0 Å². The van der Waals surface area contributed by atoms with Crippen molar-refractivity contribution < 1.29 is 4.79 Å². The Hall–Kier alpha value is -2.30. The number of hydrogen-bond donors (Lipinski definition) is 2. The zero-order valence-corrected chi connectivity index (χ0v) is 11.3. The quantitative estimate of drug-likeness (QED) is 0.888. The zero-order chi connectivity index (χ0) is 14.0. The van der Waals surface area contributed by atoms with E-state index in [1.54, 1.807) is 18.5 Å². The number of aryl methyl sites for hydroxylation is 1. The Kier molecular flexibility index (Phi) is 3.55. The number of pyridine rings is 1. The van der Waals surface area contributed by atoms with Gasteiger partial charge in [-0.2, -0.15) is 0 Å². The van der Waals surface area contributed by atoms with E-state index < -0.39 is 0 Å². The number of nitrogens with zero attached hydrogens (tertiary/aromatic N) is 2. The van der Waals surface area contributed by atoms with Gasteiger partial charge in [-0.25, -0.2) is 4.98 Å². The fourth-order valence-electron chi connectivity index (χ4n) is 1.89. The lowest BCUT2D eigenvalue weighted by atomic mass is 10.3. The Morgan fingerprint density at radius 3 is 2.79 bits per heavy atom. The number of nitrogens with one attached hydrogen (secondary N) is 1. The fourth-order valence-corrected chi connectivity index (χ4v) is 1.89. The molecule has 5 heteroatoms. The van der Waals surface area contributed by atoms with Crippen molar-refractivity contribution in [2.75, 3.05) is 11.1 Å². The highest BCUT2D eigenvalue weighted by molar-refractivity contribution is 6.03. The molecule has 0 aromatic carbocycles. The number of hydrogen-bond acceptors (Lipinski definition) is 3. The van der Waals surface area contributed by atoms with E-state index >= 15 is 0 Å². The smallest absolute Gasteiger partial charge is 0.273 e. The van der Waals surface area contributed by atoms with Crippen molar-refractivity contribution in [3.05, 3.63) is 41.9 Å². The van der Waals surface area contributed by atoms with E-state index in [1.807, 2.05) is 37.5 Å². The summed E-state index contributed by atoms with van der Waals surface area (Å²) in [6.07, 6.45) is 3.43. The average molecular weight is 258 g/mol. The van der Waals surface area contributed by atoms with E-state index in [1.165, 1.54) is 0 Å². The minimum Gasteiger partial charge on any atom is -0.397 e. The normalized spacial score (nSPS) is 10.7. The predicted molar refractivity (Wildman–Crippen MR) is 76.2 cm³/mol. The standard InChI is InChI=1S/C14H18N4O/c1-9(2)18-8-11(15)7-12(18)14(19)17-13-6-10(3)4-5-16-13/h4-9H,15H2,1-3H3,(H,16,17,19). The minimum absolute atomic E-state index is 0.170. The number of amides is 1. The van der Waals surface area contributed by atoms with Crippen molar-refractivity contribution in [1.29, 1.82) is 0 Å². The molecule has 0 atom stereocenters. The third-order valence-corrected chi connectivity index (χ3v) is 2.82. The van der Waals surface area contributed by atoms with Crippen molar-refractivity contribution >= 4 is 17.4 Å². The van der Waals surface area contributed by atoms with Crippen molar-refractivity contribution in [1.82, 2.24) is 9.55 Å². The highest BCUT2D eigenvalue weighted by Crippen LogP contribution is 2.17. The Morgan fingerprint density at radius 1 is 1.42 bits per heavy atom. The topological polar surface area (TPSA) is 72.9 Å². The van der Waals surface area contributed by atoms with Gasteiger partial charge in [0.25, 0.3) is 5.91 Å². The Morgan fingerprint density at radius 2 is 2.16 bits per heavy atom. The summed E-state index contributed by atoms with van der Waals surface area (Å²) in [7, 11) is 0. The molecule has 19 heavy (non-hydrogen) atoms. The van der Waals surface area contributed by atoms with Crippen molar-refractivity contribution in [2.45, 2.75) is 26.8 Å². The molecule has 0 fully saturated rings. The van der Waals surface area contributed by atoms with E-state index in [9.17, 15) is 4.79 Å². The molecule has 0 spiro atoms. The fraction of sp³-hybridized carbons (Fsp3) is 0.286. The highest BCUT2D eigenvalue weighted by atomic mass is 16.2. The van der Waals surface area contributed by atoms with Crippen molar-refractivity contribution in [3.63, 3.8) is 0 Å². The molecule has 100 valence electrons. The Bertz CT molecular complexity index is 601. The maximum atomic E-state index is 12.2. The van der Waals surface area contributed by atoms with Crippen LogP contribution in [0.25, 0.3) is 0 Å². The molecule has 3 N–H and O–H groups in total. The number of nitrogens with two attached hydrogens (primary N) is 1. The number of anilines is 2. The number of rotatable bonds is 3. The molecule has 2 aromatic rings. The third-order valence-electron chi connectivity index (χ3n) is 2.82. The molecule has 0 aliphatic carbocycles. The molecule has 0 bridgehead atoms. The summed E-state index contributed by atoms with van der Waals surface area (Å²) in [5.41, 5.74) is 7.92. The molecule has 5 nitrogen and oxygen atoms in total. The van der Waals surface area contributed by atoms with Gasteiger partial charge in [0.05, 0.1) is 5.69 Å². The first kappa shape index (κ1) is 13.1. The minimum atomic E-state index is -0.205. The third kappa shape index (κ3) is 2.93. The van der Waals surface area contributed by atoms with E-state index in [0.29, 0.717) is 17.2 Å². The summed E-state index contributed by atoms with van der Waals surface area (Å²) in [6, 6.07) is 5.54. The lowest BCUT2D eigenvalue weighted by Crippen LogP contribution is -2.18. The number of carbonyl (C=O) groups is 1. The van der Waals surface area contributed by atoms with Crippen LogP contribution in [0.15, 0.2) is 30.6 Å². The molecule has 2 rings (SSSR count). The number of nitrogen functional groups attached to an aromatic ring is 1. The van der Waals surface area contributed by atoms with Crippen LogP contribution in [0.5, 0.6) is 0 Å². The monoisotopic (exact) mass is 258 g/mol. The van der Waals surface area contributed by atoms with Crippen molar-refractivity contribution in [3.8, 4) is 0 Å². The number of carbonyl (C=O) groups excluding carboxylic acids is 1. The van der Waals surface area contributed by atoms with E-state index in [-0.39, 0.29) is 11.9 Å².